The van der Waals surface area contributed by atoms with Crippen LogP contribution in [0.5, 0.6) is 0 Å². The van der Waals surface area contributed by atoms with Crippen molar-refractivity contribution in [1.82, 2.24) is 9.78 Å². The van der Waals surface area contributed by atoms with E-state index in [0.29, 0.717) is 5.92 Å². The van der Waals surface area contributed by atoms with Crippen LogP contribution in [0.4, 0.5) is 0 Å². The van der Waals surface area contributed by atoms with Gasteiger partial charge in [0.05, 0.1) is 22.0 Å². The second-order valence-electron chi connectivity index (χ2n) is 4.56. The second-order valence-corrected chi connectivity index (χ2v) is 5.35. The summed E-state index contributed by atoms with van der Waals surface area (Å²) in [5.41, 5.74) is 2.29. The van der Waals surface area contributed by atoms with Gasteiger partial charge in [-0.15, -0.1) is 0 Å². The zero-order chi connectivity index (χ0) is 12.3. The van der Waals surface area contributed by atoms with Crippen molar-refractivity contribution in [2.24, 2.45) is 5.92 Å². The van der Waals surface area contributed by atoms with Gasteiger partial charge in [0.1, 0.15) is 0 Å². The maximum Gasteiger partial charge on any atom is 0.0738 e. The molecule has 0 amide bonds. The molecule has 4 heteroatoms. The van der Waals surface area contributed by atoms with Crippen LogP contribution in [0.25, 0.3) is 0 Å². The Kier molecular flexibility index (Phi) is 4.99. The predicted octanol–water partition coefficient (Wildman–Crippen LogP) is 2.92. The topological polar surface area (TPSA) is 38.0 Å². The number of aliphatic hydroxyl groups is 1. The molecule has 0 aliphatic rings. The van der Waals surface area contributed by atoms with Crippen LogP contribution in [0.15, 0.2) is 4.47 Å². The fourth-order valence-electron chi connectivity index (χ4n) is 2.06. The van der Waals surface area contributed by atoms with Gasteiger partial charge in [-0.3, -0.25) is 4.68 Å². The zero-order valence-electron chi connectivity index (χ0n) is 10.5. The molecule has 0 radical (unpaired) electrons. The molecule has 1 N–H and O–H groups in total. The number of rotatable bonds is 5. The van der Waals surface area contributed by atoms with Crippen LogP contribution >= 0.6 is 15.9 Å². The zero-order valence-corrected chi connectivity index (χ0v) is 12.1. The first kappa shape index (κ1) is 13.7. The average molecular weight is 289 g/mol. The van der Waals surface area contributed by atoms with Gasteiger partial charge in [0, 0.05) is 6.54 Å². The Morgan fingerprint density at radius 2 is 2.06 bits per heavy atom. The highest BCUT2D eigenvalue weighted by atomic mass is 79.9. The number of hydrogen-bond acceptors (Lipinski definition) is 2. The highest BCUT2D eigenvalue weighted by molar-refractivity contribution is 9.10. The van der Waals surface area contributed by atoms with Gasteiger partial charge in [-0.05, 0) is 55.5 Å². The summed E-state index contributed by atoms with van der Waals surface area (Å²) in [4.78, 5) is 0. The molecule has 0 fully saturated rings. The summed E-state index contributed by atoms with van der Waals surface area (Å²) < 4.78 is 3.16. The van der Waals surface area contributed by atoms with Crippen molar-refractivity contribution in [3.05, 3.63) is 15.9 Å². The molecule has 0 aliphatic carbocycles. The molecule has 0 aliphatic heterocycles. The SMILES string of the molecule is CCn1nc(C)c(Br)c1CC(C)CC(C)O. The minimum atomic E-state index is -0.229. The maximum atomic E-state index is 9.37. The summed E-state index contributed by atoms with van der Waals surface area (Å²) >= 11 is 3.59. The third-order valence-electron chi connectivity index (χ3n) is 2.74. The van der Waals surface area contributed by atoms with Gasteiger partial charge < -0.3 is 5.11 Å². The highest BCUT2D eigenvalue weighted by Gasteiger charge is 2.15. The molecule has 2 unspecified atom stereocenters. The molecule has 2 atom stereocenters. The van der Waals surface area contributed by atoms with Gasteiger partial charge >= 0.3 is 0 Å². The highest BCUT2D eigenvalue weighted by Crippen LogP contribution is 2.24. The van der Waals surface area contributed by atoms with Crippen molar-refractivity contribution in [3.8, 4) is 0 Å². The van der Waals surface area contributed by atoms with Gasteiger partial charge in [-0.1, -0.05) is 6.92 Å². The summed E-state index contributed by atoms with van der Waals surface area (Å²) in [5.74, 6) is 0.470. The molecule has 16 heavy (non-hydrogen) atoms. The Hall–Kier alpha value is -0.350. The number of aliphatic hydroxyl groups excluding tert-OH is 1. The number of hydrogen-bond donors (Lipinski definition) is 1. The van der Waals surface area contributed by atoms with E-state index in [1.807, 2.05) is 18.5 Å². The molecular weight excluding hydrogens is 268 g/mol. The van der Waals surface area contributed by atoms with E-state index in [2.05, 4.69) is 34.9 Å². The van der Waals surface area contributed by atoms with Crippen molar-refractivity contribution in [1.29, 1.82) is 0 Å². The van der Waals surface area contributed by atoms with Gasteiger partial charge in [0.15, 0.2) is 0 Å². The van der Waals surface area contributed by atoms with Crippen LogP contribution in [0.3, 0.4) is 0 Å². The molecule has 0 bridgehead atoms. The summed E-state index contributed by atoms with van der Waals surface area (Å²) in [6.07, 6.45) is 1.56. The Balaban J connectivity index is 2.79. The smallest absolute Gasteiger partial charge is 0.0738 e. The van der Waals surface area contributed by atoms with Crippen LogP contribution in [0.2, 0.25) is 0 Å². The van der Waals surface area contributed by atoms with Crippen molar-refractivity contribution in [2.75, 3.05) is 0 Å². The molecule has 1 rings (SSSR count). The maximum absolute atomic E-state index is 9.37. The van der Waals surface area contributed by atoms with E-state index in [9.17, 15) is 5.11 Å². The quantitative estimate of drug-likeness (QED) is 0.905. The summed E-state index contributed by atoms with van der Waals surface area (Å²) in [5, 5.41) is 13.8. The van der Waals surface area contributed by atoms with Crippen LogP contribution in [-0.2, 0) is 13.0 Å². The van der Waals surface area contributed by atoms with Gasteiger partial charge in [-0.2, -0.15) is 5.10 Å². The molecule has 0 spiro atoms. The normalized spacial score (nSPS) is 15.1. The lowest BCUT2D eigenvalue weighted by Gasteiger charge is -2.14. The molecule has 92 valence electrons. The number of nitrogens with zero attached hydrogens (tertiary/aromatic N) is 2. The van der Waals surface area contributed by atoms with E-state index in [0.717, 1.165) is 29.6 Å². The second kappa shape index (κ2) is 5.82. The van der Waals surface area contributed by atoms with E-state index in [4.69, 9.17) is 0 Å². The molecular formula is C12H21BrN2O. The van der Waals surface area contributed by atoms with Crippen LogP contribution in [-0.4, -0.2) is 21.0 Å². The molecule has 0 saturated carbocycles. The third-order valence-corrected chi connectivity index (χ3v) is 3.77. The Morgan fingerprint density at radius 1 is 1.44 bits per heavy atom. The van der Waals surface area contributed by atoms with E-state index < -0.39 is 0 Å². The Bertz CT molecular complexity index is 347. The average Bonchev–Trinajstić information content (AvgIpc) is 2.44. The molecule has 0 aromatic carbocycles. The minimum absolute atomic E-state index is 0.229. The van der Waals surface area contributed by atoms with Gasteiger partial charge in [-0.25, -0.2) is 0 Å². The third kappa shape index (κ3) is 3.32. The van der Waals surface area contributed by atoms with Crippen molar-refractivity contribution >= 4 is 15.9 Å². The van der Waals surface area contributed by atoms with Crippen LogP contribution < -0.4 is 0 Å². The number of aryl methyl sites for hydroxylation is 2. The van der Waals surface area contributed by atoms with E-state index in [1.54, 1.807) is 0 Å². The molecule has 0 saturated heterocycles. The molecule has 1 aromatic heterocycles. The molecule has 1 aromatic rings. The summed E-state index contributed by atoms with van der Waals surface area (Å²) in [6.45, 7) is 9.01. The molecule has 1 heterocycles. The first-order valence-corrected chi connectivity index (χ1v) is 6.64. The Morgan fingerprint density at radius 3 is 2.56 bits per heavy atom. The number of halogens is 1. The Labute approximate surface area is 106 Å². The largest absolute Gasteiger partial charge is 0.393 e. The first-order chi connectivity index (χ1) is 7.45. The van der Waals surface area contributed by atoms with Gasteiger partial charge in [0.25, 0.3) is 0 Å². The van der Waals surface area contributed by atoms with Gasteiger partial charge in [0.2, 0.25) is 0 Å². The van der Waals surface area contributed by atoms with Crippen LogP contribution in [0.1, 0.15) is 38.6 Å². The van der Waals surface area contributed by atoms with Crippen molar-refractivity contribution in [2.45, 2.75) is 53.2 Å². The van der Waals surface area contributed by atoms with E-state index in [-0.39, 0.29) is 6.10 Å². The minimum Gasteiger partial charge on any atom is -0.393 e. The summed E-state index contributed by atoms with van der Waals surface area (Å²) in [7, 11) is 0. The lowest BCUT2D eigenvalue weighted by Crippen LogP contribution is -2.12. The summed E-state index contributed by atoms with van der Waals surface area (Å²) in [6, 6.07) is 0. The predicted molar refractivity (Wildman–Crippen MR) is 69.5 cm³/mol. The van der Waals surface area contributed by atoms with E-state index in [1.165, 1.54) is 5.69 Å². The van der Waals surface area contributed by atoms with Crippen molar-refractivity contribution in [3.63, 3.8) is 0 Å². The lowest BCUT2D eigenvalue weighted by molar-refractivity contribution is 0.163. The monoisotopic (exact) mass is 288 g/mol. The van der Waals surface area contributed by atoms with Crippen LogP contribution in [0, 0.1) is 12.8 Å². The van der Waals surface area contributed by atoms with Crippen molar-refractivity contribution < 1.29 is 5.11 Å². The van der Waals surface area contributed by atoms with E-state index >= 15 is 0 Å². The lowest BCUT2D eigenvalue weighted by atomic mass is 9.99. The fraction of sp³-hybridized carbons (Fsp3) is 0.750. The number of aromatic nitrogens is 2. The molecule has 3 nitrogen and oxygen atoms in total. The standard InChI is InChI=1S/C12H21BrN2O/c1-5-15-11(12(13)10(4)14-15)7-8(2)6-9(3)16/h8-9,16H,5-7H2,1-4H3. The first-order valence-electron chi connectivity index (χ1n) is 5.85. The fourth-order valence-corrected chi connectivity index (χ4v) is 2.51.